The average Bonchev–Trinajstić information content (AvgIpc) is 2.84. The number of halogens is 1. The Morgan fingerprint density at radius 3 is 3.00 bits per heavy atom. The highest BCUT2D eigenvalue weighted by atomic mass is 79.9. The van der Waals surface area contributed by atoms with E-state index in [0.717, 1.165) is 49.5 Å². The minimum atomic E-state index is 0.654. The number of nitrogens with zero attached hydrogens (tertiary/aromatic N) is 1. The molecule has 1 aromatic carbocycles. The second kappa shape index (κ2) is 7.24. The van der Waals surface area contributed by atoms with Crippen LogP contribution < -0.4 is 10.5 Å². The Hall–Kier alpha value is -0.620. The predicted octanol–water partition coefficient (Wildman–Crippen LogP) is 1.79. The summed E-state index contributed by atoms with van der Waals surface area (Å²) >= 11 is 3.57. The number of methoxy groups -OCH3 is 1. The van der Waals surface area contributed by atoms with Gasteiger partial charge >= 0.3 is 0 Å². The zero-order valence-electron chi connectivity index (χ0n) is 11.3. The van der Waals surface area contributed by atoms with Gasteiger partial charge in [0.2, 0.25) is 0 Å². The standard InChI is InChI=1S/C14H21BrN2O2/c1-18-7-5-17(4-3-16)10-12-9-13(15)8-11-2-6-19-14(11)12/h8-9H,2-7,10,16H2,1H3. The fourth-order valence-electron chi connectivity index (χ4n) is 2.38. The molecule has 0 atom stereocenters. The molecule has 19 heavy (non-hydrogen) atoms. The van der Waals surface area contributed by atoms with Crippen molar-refractivity contribution in [1.29, 1.82) is 0 Å². The second-order valence-corrected chi connectivity index (χ2v) is 5.62. The molecule has 1 heterocycles. The van der Waals surface area contributed by atoms with Gasteiger partial charge in [0, 0.05) is 49.7 Å². The molecule has 0 aliphatic carbocycles. The fraction of sp³-hybridized carbons (Fsp3) is 0.571. The topological polar surface area (TPSA) is 47.7 Å². The highest BCUT2D eigenvalue weighted by Crippen LogP contribution is 2.33. The third-order valence-electron chi connectivity index (χ3n) is 3.28. The molecule has 0 unspecified atom stereocenters. The summed E-state index contributed by atoms with van der Waals surface area (Å²) in [6.07, 6.45) is 0.997. The molecule has 4 nitrogen and oxygen atoms in total. The van der Waals surface area contributed by atoms with Crippen molar-refractivity contribution in [3.8, 4) is 5.75 Å². The minimum absolute atomic E-state index is 0.654. The van der Waals surface area contributed by atoms with Crippen molar-refractivity contribution >= 4 is 15.9 Å². The first-order valence-corrected chi connectivity index (χ1v) is 7.39. The Labute approximate surface area is 123 Å². The Bertz CT molecular complexity index is 426. The molecule has 0 bridgehead atoms. The Kier molecular flexibility index (Phi) is 5.63. The Balaban J connectivity index is 2.12. The van der Waals surface area contributed by atoms with E-state index >= 15 is 0 Å². The molecule has 0 radical (unpaired) electrons. The lowest BCUT2D eigenvalue weighted by Crippen LogP contribution is -2.32. The molecule has 2 rings (SSSR count). The van der Waals surface area contributed by atoms with E-state index in [4.69, 9.17) is 15.2 Å². The quantitative estimate of drug-likeness (QED) is 0.829. The first kappa shape index (κ1) is 14.8. The maximum Gasteiger partial charge on any atom is 0.127 e. The largest absolute Gasteiger partial charge is 0.493 e. The third-order valence-corrected chi connectivity index (χ3v) is 3.73. The van der Waals surface area contributed by atoms with Crippen LogP contribution >= 0.6 is 15.9 Å². The Morgan fingerprint density at radius 1 is 1.42 bits per heavy atom. The lowest BCUT2D eigenvalue weighted by molar-refractivity contribution is 0.145. The summed E-state index contributed by atoms with van der Waals surface area (Å²) in [7, 11) is 1.72. The van der Waals surface area contributed by atoms with Crippen molar-refractivity contribution in [1.82, 2.24) is 4.90 Å². The zero-order valence-corrected chi connectivity index (χ0v) is 12.9. The van der Waals surface area contributed by atoms with Crippen molar-refractivity contribution in [2.75, 3.05) is 40.0 Å². The van der Waals surface area contributed by atoms with E-state index in [-0.39, 0.29) is 0 Å². The van der Waals surface area contributed by atoms with Gasteiger partial charge in [-0.2, -0.15) is 0 Å². The van der Waals surface area contributed by atoms with Crippen LogP contribution in [0.4, 0.5) is 0 Å². The molecule has 1 aliphatic rings. The molecule has 0 amide bonds. The molecule has 0 fully saturated rings. The number of hydrogen-bond acceptors (Lipinski definition) is 4. The van der Waals surface area contributed by atoms with Gasteiger partial charge in [-0.05, 0) is 17.7 Å². The summed E-state index contributed by atoms with van der Waals surface area (Å²) in [5.41, 5.74) is 8.20. The van der Waals surface area contributed by atoms with Gasteiger partial charge in [-0.15, -0.1) is 0 Å². The van der Waals surface area contributed by atoms with Crippen LogP contribution in [-0.4, -0.2) is 44.9 Å². The predicted molar refractivity (Wildman–Crippen MR) is 79.5 cm³/mol. The summed E-state index contributed by atoms with van der Waals surface area (Å²) in [6, 6.07) is 4.29. The lowest BCUT2D eigenvalue weighted by Gasteiger charge is -2.22. The fourth-order valence-corrected chi connectivity index (χ4v) is 2.93. The molecule has 1 aromatic rings. The summed E-state index contributed by atoms with van der Waals surface area (Å²) in [6.45, 7) is 4.76. The van der Waals surface area contributed by atoms with Crippen LogP contribution in [0, 0.1) is 0 Å². The molecule has 106 valence electrons. The van der Waals surface area contributed by atoms with Gasteiger partial charge in [-0.25, -0.2) is 0 Å². The SMILES string of the molecule is COCCN(CCN)Cc1cc(Br)cc2c1OCC2. The summed E-state index contributed by atoms with van der Waals surface area (Å²) < 4.78 is 12.0. The number of nitrogens with two attached hydrogens (primary N) is 1. The molecule has 0 saturated heterocycles. The van der Waals surface area contributed by atoms with E-state index in [9.17, 15) is 0 Å². The number of hydrogen-bond donors (Lipinski definition) is 1. The second-order valence-electron chi connectivity index (χ2n) is 4.71. The van der Waals surface area contributed by atoms with Crippen LogP contribution in [0.15, 0.2) is 16.6 Å². The van der Waals surface area contributed by atoms with Crippen molar-refractivity contribution in [2.24, 2.45) is 5.73 Å². The van der Waals surface area contributed by atoms with E-state index in [2.05, 4.69) is 33.0 Å². The molecule has 2 N–H and O–H groups in total. The van der Waals surface area contributed by atoms with Gasteiger partial charge in [0.1, 0.15) is 5.75 Å². The number of ether oxygens (including phenoxy) is 2. The average molecular weight is 329 g/mol. The number of fused-ring (bicyclic) bond motifs is 1. The first-order valence-electron chi connectivity index (χ1n) is 6.60. The molecule has 0 aromatic heterocycles. The highest BCUT2D eigenvalue weighted by molar-refractivity contribution is 9.10. The van der Waals surface area contributed by atoms with Crippen LogP contribution in [0.5, 0.6) is 5.75 Å². The maximum atomic E-state index is 5.76. The Morgan fingerprint density at radius 2 is 2.26 bits per heavy atom. The number of rotatable bonds is 7. The van der Waals surface area contributed by atoms with E-state index in [1.165, 1.54) is 11.1 Å². The van der Waals surface area contributed by atoms with Crippen LogP contribution in [0.2, 0.25) is 0 Å². The molecular weight excluding hydrogens is 308 g/mol. The summed E-state index contributed by atoms with van der Waals surface area (Å²) in [4.78, 5) is 2.30. The summed E-state index contributed by atoms with van der Waals surface area (Å²) in [5.74, 6) is 1.06. The maximum absolute atomic E-state index is 5.76. The number of benzene rings is 1. The van der Waals surface area contributed by atoms with Crippen molar-refractivity contribution in [3.63, 3.8) is 0 Å². The van der Waals surface area contributed by atoms with E-state index in [1.807, 2.05) is 0 Å². The monoisotopic (exact) mass is 328 g/mol. The van der Waals surface area contributed by atoms with Crippen LogP contribution in [0.25, 0.3) is 0 Å². The van der Waals surface area contributed by atoms with Crippen molar-refractivity contribution in [3.05, 3.63) is 27.7 Å². The van der Waals surface area contributed by atoms with Gasteiger partial charge in [0.15, 0.2) is 0 Å². The van der Waals surface area contributed by atoms with Gasteiger partial charge in [-0.3, -0.25) is 4.90 Å². The highest BCUT2D eigenvalue weighted by Gasteiger charge is 2.19. The molecule has 5 heteroatoms. The summed E-state index contributed by atoms with van der Waals surface area (Å²) in [5, 5.41) is 0. The van der Waals surface area contributed by atoms with Crippen LogP contribution in [-0.2, 0) is 17.7 Å². The molecule has 0 spiro atoms. The van der Waals surface area contributed by atoms with Gasteiger partial charge in [0.25, 0.3) is 0 Å². The normalized spacial score (nSPS) is 13.7. The molecule has 0 saturated carbocycles. The molecular formula is C14H21BrN2O2. The van der Waals surface area contributed by atoms with Crippen molar-refractivity contribution in [2.45, 2.75) is 13.0 Å². The van der Waals surface area contributed by atoms with E-state index in [0.29, 0.717) is 6.54 Å². The van der Waals surface area contributed by atoms with Gasteiger partial charge in [-0.1, -0.05) is 15.9 Å². The van der Waals surface area contributed by atoms with E-state index in [1.54, 1.807) is 7.11 Å². The van der Waals surface area contributed by atoms with Gasteiger partial charge < -0.3 is 15.2 Å². The van der Waals surface area contributed by atoms with Gasteiger partial charge in [0.05, 0.1) is 13.2 Å². The van der Waals surface area contributed by atoms with Crippen molar-refractivity contribution < 1.29 is 9.47 Å². The molecule has 1 aliphatic heterocycles. The van der Waals surface area contributed by atoms with E-state index < -0.39 is 0 Å². The smallest absolute Gasteiger partial charge is 0.127 e. The third kappa shape index (κ3) is 3.92. The van der Waals surface area contributed by atoms with Crippen LogP contribution in [0.1, 0.15) is 11.1 Å². The minimum Gasteiger partial charge on any atom is -0.493 e. The zero-order chi connectivity index (χ0) is 13.7. The lowest BCUT2D eigenvalue weighted by atomic mass is 10.1. The van der Waals surface area contributed by atoms with Crippen LogP contribution in [0.3, 0.4) is 0 Å². The first-order chi connectivity index (χ1) is 9.24.